The summed E-state index contributed by atoms with van der Waals surface area (Å²) in [5.41, 5.74) is 3.30. The Morgan fingerprint density at radius 2 is 1.52 bits per heavy atom. The number of urea groups is 1. The Hall–Kier alpha value is -5.56. The van der Waals surface area contributed by atoms with E-state index in [9.17, 15) is 19.2 Å². The molecule has 4 aromatic carbocycles. The highest BCUT2D eigenvalue weighted by Crippen LogP contribution is 2.44. The molecule has 4 amide bonds. The number of nitrogens with zero attached hydrogens (tertiary/aromatic N) is 1. The fourth-order valence-corrected chi connectivity index (χ4v) is 9.68. The number of allylic oxidation sites excluding steroid dienone is 2. The van der Waals surface area contributed by atoms with Crippen LogP contribution in [0.2, 0.25) is 0 Å². The number of amides is 4. The number of nitrogens with one attached hydrogen (secondary N) is 3. The molecule has 0 saturated carbocycles. The first-order valence-corrected chi connectivity index (χ1v) is 19.9. The van der Waals surface area contributed by atoms with Crippen molar-refractivity contribution in [2.45, 2.75) is 40.2 Å². The number of benzene rings is 4. The molecule has 9 nitrogen and oxygen atoms in total. The van der Waals surface area contributed by atoms with E-state index in [1.165, 1.54) is 11.8 Å². The maximum Gasteiger partial charge on any atom is 0.341 e. The van der Waals surface area contributed by atoms with Crippen LogP contribution in [0.25, 0.3) is 0 Å². The molecule has 272 valence electrons. The molecule has 3 unspecified atom stereocenters. The minimum absolute atomic E-state index is 0.0912. The van der Waals surface area contributed by atoms with Gasteiger partial charge in [0.15, 0.2) is 0 Å². The molecule has 3 atom stereocenters. The van der Waals surface area contributed by atoms with Gasteiger partial charge in [0.2, 0.25) is 5.91 Å². The SMILES string of the molecule is CCOC(=O)c1c(NC(=O)C(Sc2cccc(NC(=O)N3c4ccccc4SC4C=CC=CC43)c2)c2ccccc2)sc(C(=O)Nc2ccccc2)c1C. The molecule has 54 heavy (non-hydrogen) atoms. The topological polar surface area (TPSA) is 117 Å². The summed E-state index contributed by atoms with van der Waals surface area (Å²) in [5.74, 6) is -1.43. The van der Waals surface area contributed by atoms with E-state index in [2.05, 4.69) is 22.0 Å². The van der Waals surface area contributed by atoms with Crippen molar-refractivity contribution in [1.29, 1.82) is 0 Å². The van der Waals surface area contributed by atoms with Gasteiger partial charge in [-0.25, -0.2) is 9.59 Å². The lowest BCUT2D eigenvalue weighted by molar-refractivity contribution is -0.115. The van der Waals surface area contributed by atoms with Crippen molar-refractivity contribution in [2.75, 3.05) is 27.5 Å². The van der Waals surface area contributed by atoms with E-state index < -0.39 is 23.0 Å². The second-order valence-corrected chi connectivity index (χ2v) is 15.8. The minimum atomic E-state index is -0.762. The second kappa shape index (κ2) is 16.6. The predicted molar refractivity (Wildman–Crippen MR) is 219 cm³/mol. The predicted octanol–water partition coefficient (Wildman–Crippen LogP) is 9.97. The van der Waals surface area contributed by atoms with Crippen molar-refractivity contribution in [3.05, 3.63) is 155 Å². The number of hydrogen-bond acceptors (Lipinski definition) is 8. The summed E-state index contributed by atoms with van der Waals surface area (Å²) < 4.78 is 5.35. The molecule has 1 aliphatic carbocycles. The minimum Gasteiger partial charge on any atom is -0.462 e. The summed E-state index contributed by atoms with van der Waals surface area (Å²) in [6.45, 7) is 3.50. The summed E-state index contributed by atoms with van der Waals surface area (Å²) in [6.07, 6.45) is 8.14. The molecule has 7 rings (SSSR count). The van der Waals surface area contributed by atoms with E-state index >= 15 is 0 Å². The third kappa shape index (κ3) is 8.01. The van der Waals surface area contributed by atoms with Crippen molar-refractivity contribution in [1.82, 2.24) is 0 Å². The zero-order chi connectivity index (χ0) is 37.6. The van der Waals surface area contributed by atoms with Crippen molar-refractivity contribution >= 4 is 80.7 Å². The average Bonchev–Trinajstić information content (AvgIpc) is 3.51. The van der Waals surface area contributed by atoms with Crippen LogP contribution in [0.1, 0.15) is 43.3 Å². The third-order valence-corrected chi connectivity index (χ3v) is 12.5. The van der Waals surface area contributed by atoms with Crippen LogP contribution in [0.5, 0.6) is 0 Å². The average molecular weight is 773 g/mol. The lowest BCUT2D eigenvalue weighted by Gasteiger charge is -2.40. The van der Waals surface area contributed by atoms with Gasteiger partial charge in [-0.05, 0) is 67.4 Å². The van der Waals surface area contributed by atoms with Crippen molar-refractivity contribution in [3.8, 4) is 0 Å². The number of carbonyl (C=O) groups is 4. The van der Waals surface area contributed by atoms with Crippen molar-refractivity contribution in [3.63, 3.8) is 0 Å². The monoisotopic (exact) mass is 772 g/mol. The number of carbonyl (C=O) groups excluding carboxylic acids is 4. The lowest BCUT2D eigenvalue weighted by atomic mass is 10.1. The van der Waals surface area contributed by atoms with Gasteiger partial charge in [-0.1, -0.05) is 91.0 Å². The van der Waals surface area contributed by atoms with Gasteiger partial charge in [-0.2, -0.15) is 0 Å². The molecular formula is C42H36N4O5S3. The molecule has 1 aromatic heterocycles. The van der Waals surface area contributed by atoms with Gasteiger partial charge in [-0.15, -0.1) is 34.9 Å². The number of thioether (sulfide) groups is 2. The Morgan fingerprint density at radius 1 is 0.815 bits per heavy atom. The van der Waals surface area contributed by atoms with E-state index in [-0.39, 0.29) is 39.4 Å². The second-order valence-electron chi connectivity index (χ2n) is 12.3. The molecule has 0 spiro atoms. The number of fused-ring (bicyclic) bond motifs is 2. The fraction of sp³-hybridized carbons (Fsp3) is 0.143. The largest absolute Gasteiger partial charge is 0.462 e. The molecule has 2 aliphatic rings. The smallest absolute Gasteiger partial charge is 0.341 e. The highest BCUT2D eigenvalue weighted by molar-refractivity contribution is 8.00. The molecule has 3 N–H and O–H groups in total. The van der Waals surface area contributed by atoms with Crippen LogP contribution in [-0.2, 0) is 9.53 Å². The number of rotatable bonds is 10. The summed E-state index contributed by atoms with van der Waals surface area (Å²) in [6, 6.07) is 33.2. The molecule has 5 aromatic rings. The lowest BCUT2D eigenvalue weighted by Crippen LogP contribution is -2.49. The normalized spacial score (nSPS) is 16.1. The van der Waals surface area contributed by atoms with E-state index in [0.717, 1.165) is 32.4 Å². The van der Waals surface area contributed by atoms with Crippen LogP contribution in [0, 0.1) is 6.92 Å². The molecule has 0 fully saturated rings. The van der Waals surface area contributed by atoms with Crippen LogP contribution >= 0.6 is 34.9 Å². The first kappa shape index (κ1) is 36.8. The molecule has 0 bridgehead atoms. The van der Waals surface area contributed by atoms with E-state index in [0.29, 0.717) is 16.9 Å². The number of thiophene rings is 1. The Balaban J connectivity index is 1.14. The van der Waals surface area contributed by atoms with Gasteiger partial charge in [0, 0.05) is 21.2 Å². The standard InChI is InChI=1S/C42H36N4O5S3/c1-3-51-41(49)35-26(2)36(38(47)43-28-17-8-5-9-18-28)54-40(35)45-39(48)37(27-15-6-4-7-16-27)52-30-20-14-19-29(25-30)44-42(50)46-31-21-10-12-23-33(31)53-34-24-13-11-22-32(34)46/h4-25,31,33,37H,3H2,1-2H3,(H,43,47)(H,44,50)(H,45,48). The van der Waals surface area contributed by atoms with E-state index in [1.807, 2.05) is 115 Å². The number of esters is 1. The molecule has 0 saturated heterocycles. The zero-order valence-electron chi connectivity index (χ0n) is 29.4. The number of hydrogen-bond donors (Lipinski definition) is 3. The molecule has 12 heteroatoms. The van der Waals surface area contributed by atoms with Gasteiger partial charge in [0.05, 0.1) is 34.0 Å². The maximum absolute atomic E-state index is 14.3. The first-order valence-electron chi connectivity index (χ1n) is 17.3. The van der Waals surface area contributed by atoms with Crippen LogP contribution < -0.4 is 20.9 Å². The Kier molecular flexibility index (Phi) is 11.3. The number of anilines is 4. The van der Waals surface area contributed by atoms with Gasteiger partial charge in [0.25, 0.3) is 5.91 Å². The molecule has 0 radical (unpaired) electrons. The number of ether oxygens (including phenoxy) is 1. The Morgan fingerprint density at radius 3 is 2.30 bits per heavy atom. The summed E-state index contributed by atoms with van der Waals surface area (Å²) >= 11 is 4.07. The molecule has 1 aliphatic heterocycles. The molecular weight excluding hydrogens is 737 g/mol. The van der Waals surface area contributed by atoms with Gasteiger partial charge >= 0.3 is 12.0 Å². The van der Waals surface area contributed by atoms with Crippen LogP contribution in [-0.4, -0.2) is 41.7 Å². The highest BCUT2D eigenvalue weighted by atomic mass is 32.2. The van der Waals surface area contributed by atoms with Crippen LogP contribution in [0.3, 0.4) is 0 Å². The maximum atomic E-state index is 14.3. The van der Waals surface area contributed by atoms with E-state index in [1.54, 1.807) is 42.6 Å². The van der Waals surface area contributed by atoms with Gasteiger partial charge in [0.1, 0.15) is 10.3 Å². The third-order valence-electron chi connectivity index (χ3n) is 8.74. The summed E-state index contributed by atoms with van der Waals surface area (Å²) in [5, 5.41) is 8.48. The van der Waals surface area contributed by atoms with Gasteiger partial charge in [-0.3, -0.25) is 14.5 Å². The first-order chi connectivity index (χ1) is 26.3. The van der Waals surface area contributed by atoms with Crippen LogP contribution in [0.4, 0.5) is 26.9 Å². The quantitative estimate of drug-likeness (QED) is 0.0956. The van der Waals surface area contributed by atoms with Crippen molar-refractivity contribution in [2.24, 2.45) is 0 Å². The molecule has 2 heterocycles. The van der Waals surface area contributed by atoms with E-state index in [4.69, 9.17) is 4.74 Å². The fourth-order valence-electron chi connectivity index (χ4n) is 6.25. The van der Waals surface area contributed by atoms with Gasteiger partial charge < -0.3 is 20.7 Å². The summed E-state index contributed by atoms with van der Waals surface area (Å²) in [7, 11) is 0. The Labute approximate surface area is 325 Å². The number of para-hydroxylation sites is 2. The zero-order valence-corrected chi connectivity index (χ0v) is 31.8. The Bertz CT molecular complexity index is 2260. The highest BCUT2D eigenvalue weighted by Gasteiger charge is 2.37. The van der Waals surface area contributed by atoms with Crippen LogP contribution in [0.15, 0.2) is 143 Å². The van der Waals surface area contributed by atoms with Crippen molar-refractivity contribution < 1.29 is 23.9 Å². The summed E-state index contributed by atoms with van der Waals surface area (Å²) in [4.78, 5) is 58.7.